The van der Waals surface area contributed by atoms with Gasteiger partial charge in [-0.15, -0.1) is 0 Å². The van der Waals surface area contributed by atoms with Crippen LogP contribution in [-0.4, -0.2) is 11.0 Å². The van der Waals surface area contributed by atoms with Gasteiger partial charge in [0.25, 0.3) is 0 Å². The highest BCUT2D eigenvalue weighted by Crippen LogP contribution is 2.37. The Bertz CT molecular complexity index is 1260. The Hall–Kier alpha value is -3.18. The minimum Gasteiger partial charge on any atom is -0.465 e. The molecule has 0 aliphatic heterocycles. The Balaban J connectivity index is 1.54. The van der Waals surface area contributed by atoms with E-state index >= 15 is 0 Å². The van der Waals surface area contributed by atoms with E-state index in [4.69, 9.17) is 14.1 Å². The van der Waals surface area contributed by atoms with Crippen molar-refractivity contribution in [3.05, 3.63) is 99.5 Å². The van der Waals surface area contributed by atoms with Crippen LogP contribution in [0.4, 0.5) is 0 Å². The van der Waals surface area contributed by atoms with E-state index in [1.54, 1.807) is 6.26 Å². The first-order valence-electron chi connectivity index (χ1n) is 9.77. The third-order valence-electron chi connectivity index (χ3n) is 5.29. The third-order valence-corrected chi connectivity index (χ3v) is 5.82. The van der Waals surface area contributed by atoms with Gasteiger partial charge in [-0.25, -0.2) is 9.78 Å². The lowest BCUT2D eigenvalue weighted by atomic mass is 10.0. The van der Waals surface area contributed by atoms with Crippen LogP contribution in [0.2, 0.25) is 0 Å². The predicted octanol–water partition coefficient (Wildman–Crippen LogP) is 6.43. The molecule has 0 fully saturated rings. The Kier molecular flexibility index (Phi) is 4.97. The molecular formula is C25H18BrNO3. The summed E-state index contributed by atoms with van der Waals surface area (Å²) in [5, 5.41) is 0.830. The van der Waals surface area contributed by atoms with Gasteiger partial charge in [-0.1, -0.05) is 46.3 Å². The molecule has 0 radical (unpaired) electrons. The van der Waals surface area contributed by atoms with Crippen LogP contribution < -0.4 is 0 Å². The van der Waals surface area contributed by atoms with Crippen LogP contribution in [0.25, 0.3) is 22.6 Å². The van der Waals surface area contributed by atoms with Gasteiger partial charge in [0.15, 0.2) is 0 Å². The van der Waals surface area contributed by atoms with E-state index in [2.05, 4.69) is 15.9 Å². The zero-order valence-electron chi connectivity index (χ0n) is 16.1. The van der Waals surface area contributed by atoms with E-state index < -0.39 is 0 Å². The molecule has 0 N–H and O–H groups in total. The minimum absolute atomic E-state index is 0.229. The van der Waals surface area contributed by atoms with Crippen molar-refractivity contribution in [3.8, 4) is 0 Å². The number of allylic oxidation sites excluding steroid dienone is 1. The normalized spacial score (nSPS) is 14.2. The number of furan rings is 1. The van der Waals surface area contributed by atoms with E-state index in [1.807, 2.05) is 66.7 Å². The maximum absolute atomic E-state index is 13.2. The molecule has 2 aromatic heterocycles. The van der Waals surface area contributed by atoms with Crippen LogP contribution in [0.1, 0.15) is 39.4 Å². The molecule has 2 heterocycles. The van der Waals surface area contributed by atoms with Gasteiger partial charge in [-0.2, -0.15) is 0 Å². The lowest BCUT2D eigenvalue weighted by Gasteiger charge is -2.12. The number of para-hydroxylation sites is 1. The first-order valence-corrected chi connectivity index (χ1v) is 10.6. The number of nitrogens with zero attached hydrogens (tertiary/aromatic N) is 1. The smallest absolute Gasteiger partial charge is 0.339 e. The molecule has 0 spiro atoms. The quantitative estimate of drug-likeness (QED) is 0.329. The lowest BCUT2D eigenvalue weighted by molar-refractivity contribution is 0.0474. The fraction of sp³-hybridized carbons (Fsp3) is 0.120. The Labute approximate surface area is 182 Å². The van der Waals surface area contributed by atoms with Gasteiger partial charge >= 0.3 is 5.97 Å². The number of hydrogen-bond acceptors (Lipinski definition) is 4. The highest BCUT2D eigenvalue weighted by molar-refractivity contribution is 9.10. The summed E-state index contributed by atoms with van der Waals surface area (Å²) >= 11 is 3.42. The van der Waals surface area contributed by atoms with Crippen molar-refractivity contribution in [1.82, 2.24) is 4.98 Å². The van der Waals surface area contributed by atoms with Crippen LogP contribution in [0.5, 0.6) is 0 Å². The van der Waals surface area contributed by atoms with Gasteiger partial charge in [0.2, 0.25) is 0 Å². The van der Waals surface area contributed by atoms with Crippen molar-refractivity contribution < 1.29 is 13.9 Å². The Morgan fingerprint density at radius 2 is 1.90 bits per heavy atom. The molecule has 0 amide bonds. The van der Waals surface area contributed by atoms with E-state index in [0.717, 1.165) is 56.4 Å². The number of rotatable bonds is 4. The molecule has 0 saturated heterocycles. The van der Waals surface area contributed by atoms with E-state index in [1.165, 1.54) is 0 Å². The van der Waals surface area contributed by atoms with E-state index in [0.29, 0.717) is 5.56 Å². The summed E-state index contributed by atoms with van der Waals surface area (Å²) in [7, 11) is 0. The molecule has 148 valence electrons. The molecule has 5 heteroatoms. The topological polar surface area (TPSA) is 52.3 Å². The maximum atomic E-state index is 13.2. The summed E-state index contributed by atoms with van der Waals surface area (Å²) in [6, 6.07) is 19.3. The average molecular weight is 460 g/mol. The third kappa shape index (κ3) is 3.57. The molecule has 5 rings (SSSR count). The predicted molar refractivity (Wildman–Crippen MR) is 120 cm³/mol. The highest BCUT2D eigenvalue weighted by atomic mass is 79.9. The summed E-state index contributed by atoms with van der Waals surface area (Å²) in [6.07, 6.45) is 5.22. The van der Waals surface area contributed by atoms with Crippen molar-refractivity contribution in [2.24, 2.45) is 0 Å². The molecule has 2 aromatic carbocycles. The summed E-state index contributed by atoms with van der Waals surface area (Å²) in [5.74, 6) is 0.471. The van der Waals surface area contributed by atoms with Gasteiger partial charge in [-0.05, 0) is 65.9 Å². The number of halogens is 1. The number of carbonyl (C=O) groups excluding carboxylic acids is 1. The SMILES string of the molecule is O=C(OCc1ccc(Br)cc1)c1c2c(nc3ccccc13)C(=Cc1ccco1)CC2. The van der Waals surface area contributed by atoms with Crippen molar-refractivity contribution >= 4 is 44.5 Å². The van der Waals surface area contributed by atoms with Crippen LogP contribution in [0.3, 0.4) is 0 Å². The minimum atomic E-state index is -0.313. The zero-order chi connectivity index (χ0) is 20.5. The largest absolute Gasteiger partial charge is 0.465 e. The number of esters is 1. The number of aromatic nitrogens is 1. The number of hydrogen-bond donors (Lipinski definition) is 0. The molecule has 1 aliphatic rings. The molecule has 0 bridgehead atoms. The second-order valence-electron chi connectivity index (χ2n) is 7.22. The zero-order valence-corrected chi connectivity index (χ0v) is 17.7. The molecule has 0 saturated carbocycles. The number of carbonyl (C=O) groups is 1. The maximum Gasteiger partial charge on any atom is 0.339 e. The monoisotopic (exact) mass is 459 g/mol. The van der Waals surface area contributed by atoms with Gasteiger partial charge in [0.1, 0.15) is 12.4 Å². The fourth-order valence-corrected chi connectivity index (χ4v) is 4.12. The van der Waals surface area contributed by atoms with Crippen molar-refractivity contribution in [2.75, 3.05) is 0 Å². The number of fused-ring (bicyclic) bond motifs is 2. The van der Waals surface area contributed by atoms with Crippen molar-refractivity contribution in [2.45, 2.75) is 19.4 Å². The summed E-state index contributed by atoms with van der Waals surface area (Å²) in [4.78, 5) is 18.1. The van der Waals surface area contributed by atoms with Gasteiger partial charge in [0, 0.05) is 9.86 Å². The molecule has 0 unspecified atom stereocenters. The fourth-order valence-electron chi connectivity index (χ4n) is 3.86. The van der Waals surface area contributed by atoms with E-state index in [-0.39, 0.29) is 12.6 Å². The molecule has 0 atom stereocenters. The summed E-state index contributed by atoms with van der Waals surface area (Å²) in [5.41, 5.74) is 5.25. The van der Waals surface area contributed by atoms with Gasteiger partial charge in [0.05, 0.1) is 23.0 Å². The summed E-state index contributed by atoms with van der Waals surface area (Å²) in [6.45, 7) is 0.229. The molecule has 4 aromatic rings. The molecule has 1 aliphatic carbocycles. The average Bonchev–Trinajstić information content (AvgIpc) is 3.42. The summed E-state index contributed by atoms with van der Waals surface area (Å²) < 4.78 is 12.2. The van der Waals surface area contributed by atoms with Crippen LogP contribution >= 0.6 is 15.9 Å². The first-order chi connectivity index (χ1) is 14.7. The number of ether oxygens (including phenoxy) is 1. The van der Waals surface area contributed by atoms with Gasteiger partial charge in [-0.3, -0.25) is 0 Å². The second-order valence-corrected chi connectivity index (χ2v) is 8.13. The van der Waals surface area contributed by atoms with Crippen molar-refractivity contribution in [3.63, 3.8) is 0 Å². The molecule has 30 heavy (non-hydrogen) atoms. The highest BCUT2D eigenvalue weighted by Gasteiger charge is 2.27. The standard InChI is InChI=1S/C25H18BrNO3/c26-18-10-7-16(8-11-18)15-30-25(28)23-20-5-1-2-6-22(20)27-24-17(9-12-21(23)24)14-19-4-3-13-29-19/h1-8,10-11,13-14H,9,12,15H2. The first kappa shape index (κ1) is 18.8. The lowest BCUT2D eigenvalue weighted by Crippen LogP contribution is -2.10. The molecular weight excluding hydrogens is 442 g/mol. The van der Waals surface area contributed by atoms with Gasteiger partial charge < -0.3 is 9.15 Å². The van der Waals surface area contributed by atoms with Crippen molar-refractivity contribution in [1.29, 1.82) is 0 Å². The van der Waals surface area contributed by atoms with Crippen LogP contribution in [0.15, 0.2) is 75.8 Å². The van der Waals surface area contributed by atoms with Crippen LogP contribution in [-0.2, 0) is 17.8 Å². The molecule has 4 nitrogen and oxygen atoms in total. The Morgan fingerprint density at radius 1 is 1.07 bits per heavy atom. The number of pyridine rings is 1. The number of benzene rings is 2. The Morgan fingerprint density at radius 3 is 2.70 bits per heavy atom. The second kappa shape index (κ2) is 7.92. The van der Waals surface area contributed by atoms with Crippen LogP contribution in [0, 0.1) is 0 Å². The van der Waals surface area contributed by atoms with E-state index in [9.17, 15) is 4.79 Å².